The number of hydrogen-bond acceptors (Lipinski definition) is 4. The average molecular weight is 233 g/mol. The minimum absolute atomic E-state index is 0.0569. The second-order valence-corrected chi connectivity index (χ2v) is 4.42. The van der Waals surface area contributed by atoms with Crippen LogP contribution in [0.3, 0.4) is 0 Å². The van der Waals surface area contributed by atoms with Gasteiger partial charge in [0.15, 0.2) is 5.78 Å². The first-order valence-corrected chi connectivity index (χ1v) is 6.24. The van der Waals surface area contributed by atoms with Gasteiger partial charge in [-0.1, -0.05) is 12.5 Å². The normalized spacial score (nSPS) is 20.1. The molecule has 92 valence electrons. The molecule has 1 saturated heterocycles. The topological polar surface area (TPSA) is 54.0 Å². The zero-order valence-corrected chi connectivity index (χ0v) is 9.98. The summed E-state index contributed by atoms with van der Waals surface area (Å²) in [7, 11) is 0. The van der Waals surface area contributed by atoms with Gasteiger partial charge in [-0.05, 0) is 31.5 Å². The van der Waals surface area contributed by atoms with E-state index in [0.29, 0.717) is 18.3 Å². The Morgan fingerprint density at radius 2 is 2.41 bits per heavy atom. The van der Waals surface area contributed by atoms with Gasteiger partial charge >= 0.3 is 0 Å². The summed E-state index contributed by atoms with van der Waals surface area (Å²) in [6, 6.07) is 5.92. The van der Waals surface area contributed by atoms with Crippen LogP contribution in [-0.2, 0) is 0 Å². The molecule has 0 spiro atoms. The lowest BCUT2D eigenvalue weighted by Crippen LogP contribution is -2.42. The molecule has 4 nitrogen and oxygen atoms in total. The Morgan fingerprint density at radius 3 is 3.12 bits per heavy atom. The molecule has 17 heavy (non-hydrogen) atoms. The van der Waals surface area contributed by atoms with Crippen LogP contribution in [-0.4, -0.2) is 36.4 Å². The maximum Gasteiger partial charge on any atom is 0.194 e. The zero-order valence-electron chi connectivity index (χ0n) is 9.98. The third kappa shape index (κ3) is 3.91. The van der Waals surface area contributed by atoms with Crippen LogP contribution in [0, 0.1) is 0 Å². The molecule has 2 rings (SSSR count). The minimum atomic E-state index is 0.0569. The molecule has 0 aromatic carbocycles. The number of nitrogens with zero attached hydrogens (tertiary/aromatic N) is 1. The standard InChI is InChI=1S/C13H19N3O/c17-13(12-6-2-4-8-16-12)10-14-9-11-5-1-3-7-15-11/h2,4,6,8,11,14-15H,1,3,5,7,9-10H2. The first-order valence-electron chi connectivity index (χ1n) is 6.24. The molecule has 2 heterocycles. The number of ketones is 1. The highest BCUT2D eigenvalue weighted by molar-refractivity contribution is 5.95. The van der Waals surface area contributed by atoms with Crippen molar-refractivity contribution in [3.63, 3.8) is 0 Å². The fourth-order valence-corrected chi connectivity index (χ4v) is 2.08. The van der Waals surface area contributed by atoms with Crippen LogP contribution >= 0.6 is 0 Å². The second-order valence-electron chi connectivity index (χ2n) is 4.42. The lowest BCUT2D eigenvalue weighted by Gasteiger charge is -2.23. The number of carbonyl (C=O) groups excluding carboxylic acids is 1. The maximum atomic E-state index is 11.7. The Morgan fingerprint density at radius 1 is 1.47 bits per heavy atom. The average Bonchev–Trinajstić information content (AvgIpc) is 2.41. The van der Waals surface area contributed by atoms with E-state index in [0.717, 1.165) is 13.1 Å². The van der Waals surface area contributed by atoms with Crippen molar-refractivity contribution < 1.29 is 4.79 Å². The van der Waals surface area contributed by atoms with Gasteiger partial charge in [0, 0.05) is 18.8 Å². The number of pyridine rings is 1. The molecule has 0 radical (unpaired) electrons. The van der Waals surface area contributed by atoms with E-state index in [2.05, 4.69) is 15.6 Å². The van der Waals surface area contributed by atoms with Crippen LogP contribution in [0.25, 0.3) is 0 Å². The van der Waals surface area contributed by atoms with Crippen molar-refractivity contribution in [3.05, 3.63) is 30.1 Å². The fraction of sp³-hybridized carbons (Fsp3) is 0.538. The summed E-state index contributed by atoms with van der Waals surface area (Å²) in [5.41, 5.74) is 0.539. The molecule has 1 fully saturated rings. The summed E-state index contributed by atoms with van der Waals surface area (Å²) < 4.78 is 0. The zero-order chi connectivity index (χ0) is 11.9. The van der Waals surface area contributed by atoms with E-state index in [-0.39, 0.29) is 5.78 Å². The Hall–Kier alpha value is -1.26. The summed E-state index contributed by atoms with van der Waals surface area (Å²) in [6.45, 7) is 2.33. The summed E-state index contributed by atoms with van der Waals surface area (Å²) in [5.74, 6) is 0.0569. The predicted octanol–water partition coefficient (Wildman–Crippen LogP) is 0.996. The van der Waals surface area contributed by atoms with Gasteiger partial charge < -0.3 is 10.6 Å². The van der Waals surface area contributed by atoms with E-state index in [1.54, 1.807) is 12.3 Å². The van der Waals surface area contributed by atoms with Crippen LogP contribution in [0.1, 0.15) is 29.8 Å². The molecule has 0 amide bonds. The third-order valence-electron chi connectivity index (χ3n) is 3.04. The van der Waals surface area contributed by atoms with Gasteiger partial charge in [-0.25, -0.2) is 0 Å². The van der Waals surface area contributed by atoms with E-state index >= 15 is 0 Å². The van der Waals surface area contributed by atoms with Crippen molar-refractivity contribution in [2.24, 2.45) is 0 Å². The lowest BCUT2D eigenvalue weighted by molar-refractivity contribution is 0.0985. The smallest absolute Gasteiger partial charge is 0.194 e. The highest BCUT2D eigenvalue weighted by Gasteiger charge is 2.12. The van der Waals surface area contributed by atoms with E-state index in [1.165, 1.54) is 19.3 Å². The van der Waals surface area contributed by atoms with Gasteiger partial charge in [-0.15, -0.1) is 0 Å². The molecule has 1 aromatic heterocycles. The maximum absolute atomic E-state index is 11.7. The summed E-state index contributed by atoms with van der Waals surface area (Å²) in [6.07, 6.45) is 5.40. The fourth-order valence-electron chi connectivity index (χ4n) is 2.08. The van der Waals surface area contributed by atoms with Crippen molar-refractivity contribution in [1.29, 1.82) is 0 Å². The number of hydrogen-bond donors (Lipinski definition) is 2. The van der Waals surface area contributed by atoms with Crippen molar-refractivity contribution in [2.45, 2.75) is 25.3 Å². The van der Waals surface area contributed by atoms with Crippen molar-refractivity contribution in [1.82, 2.24) is 15.6 Å². The van der Waals surface area contributed by atoms with E-state index in [9.17, 15) is 4.79 Å². The van der Waals surface area contributed by atoms with Crippen LogP contribution in [0.5, 0.6) is 0 Å². The monoisotopic (exact) mass is 233 g/mol. The Balaban J connectivity index is 1.69. The second kappa shape index (κ2) is 6.47. The first kappa shape index (κ1) is 12.2. The van der Waals surface area contributed by atoms with Crippen molar-refractivity contribution in [2.75, 3.05) is 19.6 Å². The summed E-state index contributed by atoms with van der Waals surface area (Å²) >= 11 is 0. The van der Waals surface area contributed by atoms with Gasteiger partial charge in [0.25, 0.3) is 0 Å². The molecule has 0 saturated carbocycles. The van der Waals surface area contributed by atoms with Crippen LogP contribution in [0.4, 0.5) is 0 Å². The van der Waals surface area contributed by atoms with Crippen molar-refractivity contribution in [3.8, 4) is 0 Å². The molecule has 0 bridgehead atoms. The third-order valence-corrected chi connectivity index (χ3v) is 3.04. The molecule has 4 heteroatoms. The summed E-state index contributed by atoms with van der Waals surface area (Å²) in [5, 5.41) is 6.64. The first-order chi connectivity index (χ1) is 8.36. The van der Waals surface area contributed by atoms with Crippen LogP contribution in [0.2, 0.25) is 0 Å². The van der Waals surface area contributed by atoms with Crippen LogP contribution in [0.15, 0.2) is 24.4 Å². The van der Waals surface area contributed by atoms with Gasteiger partial charge in [0.05, 0.1) is 6.54 Å². The van der Waals surface area contributed by atoms with Gasteiger partial charge in [-0.3, -0.25) is 9.78 Å². The quantitative estimate of drug-likeness (QED) is 0.745. The number of rotatable bonds is 5. The van der Waals surface area contributed by atoms with Crippen LogP contribution < -0.4 is 10.6 Å². The highest BCUT2D eigenvalue weighted by atomic mass is 16.1. The molecule has 2 N–H and O–H groups in total. The summed E-state index contributed by atoms with van der Waals surface area (Å²) in [4.78, 5) is 15.8. The molecule has 1 aliphatic rings. The number of piperidine rings is 1. The number of aromatic nitrogens is 1. The molecule has 1 aromatic rings. The molecule has 1 aliphatic heterocycles. The predicted molar refractivity (Wildman–Crippen MR) is 67.1 cm³/mol. The van der Waals surface area contributed by atoms with E-state index in [1.807, 2.05) is 12.1 Å². The Labute approximate surface area is 102 Å². The van der Waals surface area contributed by atoms with Gasteiger partial charge in [-0.2, -0.15) is 0 Å². The number of carbonyl (C=O) groups is 1. The molecule has 0 aliphatic carbocycles. The van der Waals surface area contributed by atoms with E-state index in [4.69, 9.17) is 0 Å². The number of Topliss-reactive ketones (excluding diaryl/α,β-unsaturated/α-hetero) is 1. The lowest BCUT2D eigenvalue weighted by atomic mass is 10.1. The minimum Gasteiger partial charge on any atom is -0.313 e. The molecular weight excluding hydrogens is 214 g/mol. The Bertz CT molecular complexity index is 347. The van der Waals surface area contributed by atoms with E-state index < -0.39 is 0 Å². The van der Waals surface area contributed by atoms with Gasteiger partial charge in [0.2, 0.25) is 0 Å². The van der Waals surface area contributed by atoms with Crippen molar-refractivity contribution >= 4 is 5.78 Å². The Kier molecular flexibility index (Phi) is 4.64. The van der Waals surface area contributed by atoms with Gasteiger partial charge in [0.1, 0.15) is 5.69 Å². The molecule has 1 atom stereocenters. The largest absolute Gasteiger partial charge is 0.313 e. The number of nitrogens with one attached hydrogen (secondary N) is 2. The molecule has 1 unspecified atom stereocenters. The highest BCUT2D eigenvalue weighted by Crippen LogP contribution is 2.05. The molecular formula is C13H19N3O. The SMILES string of the molecule is O=C(CNCC1CCCCN1)c1ccccn1.